The summed E-state index contributed by atoms with van der Waals surface area (Å²) in [5.74, 6) is -0.536. The molecule has 2 fully saturated rings. The second kappa shape index (κ2) is 5.77. The third-order valence-electron chi connectivity index (χ3n) is 4.58. The molecule has 0 unspecified atom stereocenters. The van der Waals surface area contributed by atoms with Crippen LogP contribution in [0.5, 0.6) is 0 Å². The zero-order chi connectivity index (χ0) is 14.9. The molecular weight excluding hydrogens is 272 g/mol. The fourth-order valence-electron chi connectivity index (χ4n) is 3.48. The molecule has 0 aromatic rings. The first-order chi connectivity index (χ1) is 10.1. The van der Waals surface area contributed by atoms with E-state index >= 15 is 0 Å². The predicted molar refractivity (Wildman–Crippen MR) is 75.1 cm³/mol. The van der Waals surface area contributed by atoms with Crippen LogP contribution >= 0.6 is 0 Å². The lowest BCUT2D eigenvalue weighted by atomic mass is 9.78. The molecule has 116 valence electrons. The zero-order valence-electron chi connectivity index (χ0n) is 12.4. The van der Waals surface area contributed by atoms with Gasteiger partial charge in [-0.25, -0.2) is 9.80 Å². The van der Waals surface area contributed by atoms with Crippen molar-refractivity contribution < 1.29 is 19.1 Å². The minimum atomic E-state index is -0.685. The normalized spacial score (nSPS) is 26.0. The minimum Gasteiger partial charge on any atom is -0.451 e. The van der Waals surface area contributed by atoms with Crippen LogP contribution < -0.4 is 5.43 Å². The van der Waals surface area contributed by atoms with Gasteiger partial charge in [0, 0.05) is 18.7 Å². The van der Waals surface area contributed by atoms with Crippen LogP contribution in [0.25, 0.3) is 0 Å². The summed E-state index contributed by atoms with van der Waals surface area (Å²) < 4.78 is 10.9. The van der Waals surface area contributed by atoms with Gasteiger partial charge in [-0.1, -0.05) is 6.42 Å². The number of rotatable bonds is 2. The molecule has 1 saturated heterocycles. The fourth-order valence-corrected chi connectivity index (χ4v) is 3.48. The molecule has 2 aliphatic heterocycles. The quantitative estimate of drug-likeness (QED) is 0.767. The molecule has 1 saturated carbocycles. The van der Waals surface area contributed by atoms with Gasteiger partial charge in [0.15, 0.2) is 0 Å². The molecule has 0 aromatic heterocycles. The molecule has 0 atom stereocenters. The van der Waals surface area contributed by atoms with Gasteiger partial charge >= 0.3 is 5.97 Å². The number of nitrogens with one attached hydrogen (secondary N) is 1. The largest absolute Gasteiger partial charge is 0.451 e. The number of carbonyl (C=O) groups excluding carboxylic acids is 2. The minimum absolute atomic E-state index is 0.192. The van der Waals surface area contributed by atoms with Crippen LogP contribution in [0.15, 0.2) is 11.1 Å². The number of esters is 1. The molecule has 1 aliphatic carbocycles. The van der Waals surface area contributed by atoms with Crippen LogP contribution in [0, 0.1) is 0 Å². The van der Waals surface area contributed by atoms with Gasteiger partial charge in [0.05, 0.1) is 18.8 Å². The van der Waals surface area contributed by atoms with Gasteiger partial charge in [0.1, 0.15) is 5.60 Å². The van der Waals surface area contributed by atoms with E-state index in [4.69, 9.17) is 9.47 Å². The molecule has 1 N–H and O–H groups in total. The molecule has 1 spiro atoms. The van der Waals surface area contributed by atoms with Crippen molar-refractivity contribution in [2.75, 3.05) is 26.3 Å². The Morgan fingerprint density at radius 2 is 1.86 bits per heavy atom. The van der Waals surface area contributed by atoms with E-state index in [1.807, 2.05) is 5.01 Å². The van der Waals surface area contributed by atoms with Crippen molar-refractivity contribution in [3.8, 4) is 0 Å². The SMILES string of the molecule is CC1=C(C(=O)NN2CCOCC2)C2(CCCCC2)OC1=O. The van der Waals surface area contributed by atoms with E-state index in [2.05, 4.69) is 5.43 Å². The van der Waals surface area contributed by atoms with Crippen molar-refractivity contribution in [1.82, 2.24) is 10.4 Å². The lowest BCUT2D eigenvalue weighted by molar-refractivity contribution is -0.149. The first-order valence-electron chi connectivity index (χ1n) is 7.71. The Hall–Kier alpha value is -1.40. The highest BCUT2D eigenvalue weighted by Crippen LogP contribution is 2.43. The van der Waals surface area contributed by atoms with Crippen molar-refractivity contribution >= 4 is 11.9 Å². The van der Waals surface area contributed by atoms with Gasteiger partial charge in [-0.3, -0.25) is 10.2 Å². The smallest absolute Gasteiger partial charge is 0.335 e. The highest BCUT2D eigenvalue weighted by molar-refractivity contribution is 6.07. The van der Waals surface area contributed by atoms with Gasteiger partial charge in [0.25, 0.3) is 5.91 Å². The molecular formula is C15H22N2O4. The number of nitrogens with zero attached hydrogens (tertiary/aromatic N) is 1. The van der Waals surface area contributed by atoms with E-state index in [9.17, 15) is 9.59 Å². The standard InChI is InChI=1S/C15H22N2O4/c1-11-12(13(18)16-17-7-9-20-10-8-17)15(21-14(11)19)5-3-2-4-6-15/h2-10H2,1H3,(H,16,18). The van der Waals surface area contributed by atoms with E-state index in [1.54, 1.807) is 6.92 Å². The molecule has 2 heterocycles. The number of morpholine rings is 1. The van der Waals surface area contributed by atoms with Crippen LogP contribution in [0.2, 0.25) is 0 Å². The number of ether oxygens (including phenoxy) is 2. The summed E-state index contributed by atoms with van der Waals surface area (Å²) in [5, 5.41) is 1.85. The first kappa shape index (κ1) is 14.5. The van der Waals surface area contributed by atoms with Crippen LogP contribution in [-0.4, -0.2) is 48.8 Å². The lowest BCUT2D eigenvalue weighted by Crippen LogP contribution is -2.51. The predicted octanol–water partition coefficient (Wildman–Crippen LogP) is 0.926. The lowest BCUT2D eigenvalue weighted by Gasteiger charge is -2.35. The summed E-state index contributed by atoms with van der Waals surface area (Å²) in [5.41, 5.74) is 3.22. The molecule has 0 radical (unpaired) electrons. The Labute approximate surface area is 124 Å². The molecule has 6 nitrogen and oxygen atoms in total. The van der Waals surface area contributed by atoms with Crippen molar-refractivity contribution in [3.63, 3.8) is 0 Å². The number of hydrogen-bond donors (Lipinski definition) is 1. The molecule has 21 heavy (non-hydrogen) atoms. The van der Waals surface area contributed by atoms with Crippen molar-refractivity contribution in [3.05, 3.63) is 11.1 Å². The van der Waals surface area contributed by atoms with Gasteiger partial charge in [-0.05, 0) is 32.6 Å². The second-order valence-corrected chi connectivity index (χ2v) is 5.98. The average Bonchev–Trinajstić information content (AvgIpc) is 2.71. The van der Waals surface area contributed by atoms with Crippen LogP contribution in [0.3, 0.4) is 0 Å². The zero-order valence-corrected chi connectivity index (χ0v) is 12.4. The summed E-state index contributed by atoms with van der Waals surface area (Å²) in [4.78, 5) is 24.6. The average molecular weight is 294 g/mol. The maximum absolute atomic E-state index is 12.7. The number of carbonyl (C=O) groups is 2. The van der Waals surface area contributed by atoms with Crippen LogP contribution in [0.4, 0.5) is 0 Å². The van der Waals surface area contributed by atoms with E-state index in [0.29, 0.717) is 37.4 Å². The molecule has 0 bridgehead atoms. The Bertz CT molecular complexity index is 474. The molecule has 6 heteroatoms. The summed E-state index contributed by atoms with van der Waals surface area (Å²) in [6.45, 7) is 4.25. The maximum Gasteiger partial charge on any atom is 0.335 e. The molecule has 1 amide bonds. The maximum atomic E-state index is 12.7. The number of hydrazine groups is 1. The van der Waals surface area contributed by atoms with Gasteiger partial charge in [-0.2, -0.15) is 0 Å². The van der Waals surface area contributed by atoms with E-state index in [0.717, 1.165) is 32.1 Å². The summed E-state index contributed by atoms with van der Waals surface area (Å²) in [6, 6.07) is 0. The Morgan fingerprint density at radius 3 is 2.52 bits per heavy atom. The highest BCUT2D eigenvalue weighted by Gasteiger charge is 2.49. The van der Waals surface area contributed by atoms with Gasteiger partial charge in [0.2, 0.25) is 0 Å². The summed E-state index contributed by atoms with van der Waals surface area (Å²) in [6.07, 6.45) is 4.63. The number of hydrogen-bond acceptors (Lipinski definition) is 5. The monoisotopic (exact) mass is 294 g/mol. The first-order valence-corrected chi connectivity index (χ1v) is 7.71. The van der Waals surface area contributed by atoms with Crippen molar-refractivity contribution in [2.45, 2.75) is 44.6 Å². The van der Waals surface area contributed by atoms with Crippen LogP contribution in [-0.2, 0) is 19.1 Å². The molecule has 3 aliphatic rings. The summed E-state index contributed by atoms with van der Waals surface area (Å²) in [7, 11) is 0. The van der Waals surface area contributed by atoms with E-state index in [-0.39, 0.29) is 11.9 Å². The topological polar surface area (TPSA) is 67.9 Å². The van der Waals surface area contributed by atoms with Crippen molar-refractivity contribution in [2.24, 2.45) is 0 Å². The Morgan fingerprint density at radius 1 is 1.19 bits per heavy atom. The van der Waals surface area contributed by atoms with E-state index in [1.165, 1.54) is 0 Å². The summed E-state index contributed by atoms with van der Waals surface area (Å²) >= 11 is 0. The van der Waals surface area contributed by atoms with Crippen molar-refractivity contribution in [1.29, 1.82) is 0 Å². The van der Waals surface area contributed by atoms with Gasteiger partial charge in [-0.15, -0.1) is 0 Å². The number of amides is 1. The molecule has 0 aromatic carbocycles. The third kappa shape index (κ3) is 2.70. The Kier molecular flexibility index (Phi) is 3.99. The Balaban J connectivity index is 1.79. The highest BCUT2D eigenvalue weighted by atomic mass is 16.6. The van der Waals surface area contributed by atoms with Gasteiger partial charge < -0.3 is 9.47 Å². The van der Waals surface area contributed by atoms with E-state index < -0.39 is 5.60 Å². The third-order valence-corrected chi connectivity index (χ3v) is 4.58. The molecule has 3 rings (SSSR count). The van der Waals surface area contributed by atoms with Crippen LogP contribution in [0.1, 0.15) is 39.0 Å². The fraction of sp³-hybridized carbons (Fsp3) is 0.733. The second-order valence-electron chi connectivity index (χ2n) is 5.98.